The normalized spacial score (nSPS) is 10.5. The molecule has 0 saturated carbocycles. The molecule has 5 nitrogen and oxygen atoms in total. The van der Waals surface area contributed by atoms with Gasteiger partial charge in [-0.3, -0.25) is 0 Å². The van der Waals surface area contributed by atoms with E-state index < -0.39 is 5.97 Å². The van der Waals surface area contributed by atoms with Crippen LogP contribution in [0.15, 0.2) is 53.4 Å². The summed E-state index contributed by atoms with van der Waals surface area (Å²) in [7, 11) is 1.60. The molecule has 3 rings (SSSR count). The van der Waals surface area contributed by atoms with Gasteiger partial charge in [-0.1, -0.05) is 42.5 Å². The smallest absolute Gasteiger partial charge is 0.353 e. The molecule has 0 spiro atoms. The highest BCUT2D eigenvalue weighted by Gasteiger charge is 2.27. The van der Waals surface area contributed by atoms with Crippen LogP contribution in [0.25, 0.3) is 22.3 Å². The number of benzene rings is 2. The zero-order valence-electron chi connectivity index (χ0n) is 15.9. The first-order valence-electron chi connectivity index (χ1n) is 8.76. The molecule has 0 aliphatic rings. The lowest BCUT2D eigenvalue weighted by Gasteiger charge is -2.09. The predicted octanol–water partition coefficient (Wildman–Crippen LogP) is 5.05. The molecular formula is C22H20N2O3S. The Balaban J connectivity index is 2.16. The number of thioether (sulfide) groups is 1. The van der Waals surface area contributed by atoms with Gasteiger partial charge in [0.25, 0.3) is 0 Å². The summed E-state index contributed by atoms with van der Waals surface area (Å²) < 4.78 is 6.98. The Labute approximate surface area is 168 Å². The maximum atomic E-state index is 11.9. The third kappa shape index (κ3) is 3.37. The summed E-state index contributed by atoms with van der Waals surface area (Å²) in [6.45, 7) is 2.14. The summed E-state index contributed by atoms with van der Waals surface area (Å²) in [5.74, 6) is -0.828. The first-order valence-corrected chi connectivity index (χ1v) is 9.98. The van der Waals surface area contributed by atoms with Crippen molar-refractivity contribution in [2.75, 3.05) is 12.9 Å². The Morgan fingerprint density at radius 1 is 1.18 bits per heavy atom. The van der Waals surface area contributed by atoms with E-state index in [0.717, 1.165) is 16.0 Å². The van der Waals surface area contributed by atoms with Crippen molar-refractivity contribution in [2.45, 2.75) is 11.8 Å². The first kappa shape index (κ1) is 19.6. The second-order valence-electron chi connectivity index (χ2n) is 6.09. The predicted molar refractivity (Wildman–Crippen MR) is 111 cm³/mol. The van der Waals surface area contributed by atoms with E-state index in [2.05, 4.69) is 18.2 Å². The average molecular weight is 392 g/mol. The highest BCUT2D eigenvalue weighted by molar-refractivity contribution is 7.98. The van der Waals surface area contributed by atoms with Crippen LogP contribution in [0.3, 0.4) is 0 Å². The minimum absolute atomic E-state index is 0.0391. The molecule has 1 N–H and O–H groups in total. The van der Waals surface area contributed by atoms with Crippen LogP contribution >= 0.6 is 11.8 Å². The van der Waals surface area contributed by atoms with E-state index in [1.54, 1.807) is 25.7 Å². The van der Waals surface area contributed by atoms with Gasteiger partial charge in [0.2, 0.25) is 5.88 Å². The minimum Gasteiger partial charge on any atom is -0.478 e. The second-order valence-corrected chi connectivity index (χ2v) is 6.94. The van der Waals surface area contributed by atoms with Crippen LogP contribution < -0.4 is 4.74 Å². The Bertz CT molecular complexity index is 1060. The number of hydrogen-bond acceptors (Lipinski definition) is 4. The summed E-state index contributed by atoms with van der Waals surface area (Å²) in [5.41, 5.74) is 3.47. The molecule has 0 amide bonds. The SMILES string of the molecule is CCOc1c(C#N)c(-c2ccc(-c3ccccc3SC)cc2)c(C(=O)O)n1C. The molecule has 0 atom stereocenters. The van der Waals surface area contributed by atoms with Gasteiger partial charge in [0.15, 0.2) is 0 Å². The lowest BCUT2D eigenvalue weighted by Crippen LogP contribution is -2.07. The molecular weight excluding hydrogens is 372 g/mol. The topological polar surface area (TPSA) is 75.2 Å². The molecule has 1 heterocycles. The third-order valence-corrected chi connectivity index (χ3v) is 5.32. The molecule has 0 radical (unpaired) electrons. The molecule has 28 heavy (non-hydrogen) atoms. The summed E-state index contributed by atoms with van der Waals surface area (Å²) in [5, 5.41) is 19.4. The van der Waals surface area contributed by atoms with Gasteiger partial charge in [-0.25, -0.2) is 4.79 Å². The molecule has 2 aromatic carbocycles. The second kappa shape index (κ2) is 8.24. The summed E-state index contributed by atoms with van der Waals surface area (Å²) in [6.07, 6.45) is 2.03. The maximum Gasteiger partial charge on any atom is 0.353 e. The van der Waals surface area contributed by atoms with Crippen LogP contribution in [0.1, 0.15) is 23.0 Å². The Hall–Kier alpha value is -3.17. The first-order chi connectivity index (χ1) is 13.5. The van der Waals surface area contributed by atoms with Crippen molar-refractivity contribution < 1.29 is 14.6 Å². The fourth-order valence-corrected chi connectivity index (χ4v) is 3.92. The van der Waals surface area contributed by atoms with Crippen LogP contribution in [0.4, 0.5) is 0 Å². The molecule has 142 valence electrons. The standard InChI is InChI=1S/C22H20N2O3S/c1-4-27-21-17(13-23)19(20(22(25)26)24(21)2)15-11-9-14(10-12-15)16-7-5-6-8-18(16)28-3/h5-12H,4H2,1-3H3,(H,25,26). The molecule has 0 aliphatic carbocycles. The van der Waals surface area contributed by atoms with Gasteiger partial charge in [0.1, 0.15) is 17.3 Å². The number of carboxylic acids is 1. The number of aromatic carboxylic acids is 1. The van der Waals surface area contributed by atoms with Gasteiger partial charge >= 0.3 is 5.97 Å². The van der Waals surface area contributed by atoms with Crippen molar-refractivity contribution in [3.8, 4) is 34.2 Å². The number of ether oxygens (including phenoxy) is 1. The minimum atomic E-state index is -1.10. The van der Waals surface area contributed by atoms with Crippen molar-refractivity contribution in [3.05, 3.63) is 59.8 Å². The van der Waals surface area contributed by atoms with E-state index in [4.69, 9.17) is 4.74 Å². The molecule has 0 bridgehead atoms. The zero-order valence-corrected chi connectivity index (χ0v) is 16.7. The molecule has 0 unspecified atom stereocenters. The van der Waals surface area contributed by atoms with E-state index in [1.807, 2.05) is 42.7 Å². The average Bonchev–Trinajstić information content (AvgIpc) is 3.00. The molecule has 0 aliphatic heterocycles. The highest BCUT2D eigenvalue weighted by atomic mass is 32.2. The van der Waals surface area contributed by atoms with Crippen LogP contribution in [-0.2, 0) is 7.05 Å². The van der Waals surface area contributed by atoms with Crippen molar-refractivity contribution in [1.29, 1.82) is 5.26 Å². The van der Waals surface area contributed by atoms with E-state index in [1.165, 1.54) is 4.57 Å². The molecule has 0 fully saturated rings. The van der Waals surface area contributed by atoms with E-state index >= 15 is 0 Å². The Kier molecular flexibility index (Phi) is 5.76. The van der Waals surface area contributed by atoms with Crippen LogP contribution in [0.2, 0.25) is 0 Å². The van der Waals surface area contributed by atoms with Gasteiger partial charge in [-0.15, -0.1) is 11.8 Å². The number of carbonyl (C=O) groups is 1. The van der Waals surface area contributed by atoms with Crippen LogP contribution in [-0.4, -0.2) is 28.5 Å². The highest BCUT2D eigenvalue weighted by Crippen LogP contribution is 2.38. The Morgan fingerprint density at radius 2 is 1.82 bits per heavy atom. The zero-order chi connectivity index (χ0) is 20.3. The number of nitrogens with zero attached hydrogens (tertiary/aromatic N) is 2. The number of carboxylic acid groups (broad SMARTS) is 1. The van der Waals surface area contributed by atoms with Gasteiger partial charge in [0.05, 0.1) is 6.61 Å². The number of rotatable bonds is 6. The van der Waals surface area contributed by atoms with E-state index in [-0.39, 0.29) is 17.1 Å². The molecule has 1 aromatic heterocycles. The number of aromatic nitrogens is 1. The quantitative estimate of drug-likeness (QED) is 0.594. The van der Waals surface area contributed by atoms with Crippen LogP contribution in [0.5, 0.6) is 5.88 Å². The van der Waals surface area contributed by atoms with Gasteiger partial charge in [0, 0.05) is 17.5 Å². The largest absolute Gasteiger partial charge is 0.478 e. The van der Waals surface area contributed by atoms with Crippen molar-refractivity contribution in [3.63, 3.8) is 0 Å². The van der Waals surface area contributed by atoms with E-state index in [0.29, 0.717) is 17.7 Å². The van der Waals surface area contributed by atoms with Crippen LogP contribution in [0, 0.1) is 11.3 Å². The third-order valence-electron chi connectivity index (χ3n) is 4.53. The number of hydrogen-bond donors (Lipinski definition) is 1. The summed E-state index contributed by atoms with van der Waals surface area (Å²) in [4.78, 5) is 13.0. The summed E-state index contributed by atoms with van der Waals surface area (Å²) in [6, 6.07) is 17.8. The fraction of sp³-hybridized carbons (Fsp3) is 0.182. The molecule has 6 heteroatoms. The van der Waals surface area contributed by atoms with Gasteiger partial charge in [-0.2, -0.15) is 5.26 Å². The monoisotopic (exact) mass is 392 g/mol. The van der Waals surface area contributed by atoms with Gasteiger partial charge in [-0.05, 0) is 35.9 Å². The summed E-state index contributed by atoms with van der Waals surface area (Å²) >= 11 is 1.67. The molecule has 0 saturated heterocycles. The maximum absolute atomic E-state index is 11.9. The lowest BCUT2D eigenvalue weighted by atomic mass is 9.98. The van der Waals surface area contributed by atoms with Crippen molar-refractivity contribution in [1.82, 2.24) is 4.57 Å². The molecule has 3 aromatic rings. The fourth-order valence-electron chi connectivity index (χ4n) is 3.30. The lowest BCUT2D eigenvalue weighted by molar-refractivity contribution is 0.0686. The Morgan fingerprint density at radius 3 is 2.39 bits per heavy atom. The van der Waals surface area contributed by atoms with Crippen molar-refractivity contribution >= 4 is 17.7 Å². The number of nitriles is 1. The van der Waals surface area contributed by atoms with E-state index in [9.17, 15) is 15.2 Å². The van der Waals surface area contributed by atoms with Crippen molar-refractivity contribution in [2.24, 2.45) is 7.05 Å². The van der Waals surface area contributed by atoms with Gasteiger partial charge < -0.3 is 14.4 Å².